The molecule has 1 aromatic rings. The molecule has 1 heterocycles. The van der Waals surface area contributed by atoms with Gasteiger partial charge in [-0.25, -0.2) is 13.4 Å². The molecule has 0 amide bonds. The number of sulfonamides is 1. The highest BCUT2D eigenvalue weighted by Gasteiger charge is 2.36. The number of rotatable bonds is 27. The van der Waals surface area contributed by atoms with Crippen molar-refractivity contribution in [3.8, 4) is 5.75 Å². The number of carboxylic acids is 1. The lowest BCUT2D eigenvalue weighted by molar-refractivity contribution is -0.790. The fraction of sp³-hybridized carbons (Fsp3) is 0.531. The molecule has 0 aliphatic carbocycles. The number of amidine groups is 1. The molecule has 1 fully saturated rings. The van der Waals surface area contributed by atoms with Crippen LogP contribution in [-0.2, 0) is 38.8 Å². The smallest absolute Gasteiger partial charge is 0.305 e. The summed E-state index contributed by atoms with van der Waals surface area (Å²) in [5, 5.41) is 35.6. The number of nitrogens with zero attached hydrogens (tertiary/aromatic N) is 4. The average molecular weight is 769 g/mol. The third kappa shape index (κ3) is 15.8. The summed E-state index contributed by atoms with van der Waals surface area (Å²) in [6, 6.07) is 4.11. The SMILES string of the molecule is CCCC(=N)/C(=C/C=O)N=C(N)c1cc(S(=O)(=O)N2CC(CCCOC(=O)CCC(CO[N+](=O)[O-])O[N+](=O)[O-])C2)ccc1OCC/C=C/CCC(=O)O. The van der Waals surface area contributed by atoms with Crippen LogP contribution in [0, 0.1) is 31.6 Å². The third-order valence-electron chi connectivity index (χ3n) is 7.59. The maximum absolute atomic E-state index is 13.6. The Bertz CT molecular complexity index is 1660. The molecule has 21 heteroatoms. The number of aliphatic carboxylic acids is 1. The van der Waals surface area contributed by atoms with Crippen molar-refractivity contribution >= 4 is 39.8 Å². The molecule has 1 saturated heterocycles. The number of hydrogen-bond donors (Lipinski definition) is 3. The second-order valence-electron chi connectivity index (χ2n) is 11.7. The summed E-state index contributed by atoms with van der Waals surface area (Å²) in [7, 11) is -3.99. The van der Waals surface area contributed by atoms with E-state index in [2.05, 4.69) is 14.7 Å². The fourth-order valence-electron chi connectivity index (χ4n) is 4.90. The number of aldehydes is 1. The van der Waals surface area contributed by atoms with Crippen LogP contribution in [0.1, 0.15) is 70.3 Å². The van der Waals surface area contributed by atoms with E-state index in [1.807, 2.05) is 6.92 Å². The molecule has 1 aliphatic rings. The van der Waals surface area contributed by atoms with Crippen LogP contribution >= 0.6 is 0 Å². The molecule has 0 bridgehead atoms. The monoisotopic (exact) mass is 768 g/mol. The Balaban J connectivity index is 2.05. The van der Waals surface area contributed by atoms with Gasteiger partial charge in [-0.05, 0) is 62.6 Å². The number of nitrogens with one attached hydrogen (secondary N) is 1. The summed E-state index contributed by atoms with van der Waals surface area (Å²) in [4.78, 5) is 67.4. The van der Waals surface area contributed by atoms with E-state index in [9.17, 15) is 43.0 Å². The summed E-state index contributed by atoms with van der Waals surface area (Å²) >= 11 is 0. The maximum atomic E-state index is 13.6. The van der Waals surface area contributed by atoms with Crippen LogP contribution < -0.4 is 10.5 Å². The summed E-state index contributed by atoms with van der Waals surface area (Å²) in [5.41, 5.74) is 6.54. The number of carboxylic acid groups (broad SMARTS) is 1. The number of carbonyl (C=O) groups is 3. The second kappa shape index (κ2) is 22.5. The Kier molecular flexibility index (Phi) is 18.5. The minimum absolute atomic E-state index is 0.00601. The zero-order chi connectivity index (χ0) is 39.4. The van der Waals surface area contributed by atoms with Gasteiger partial charge in [0.2, 0.25) is 10.0 Å². The summed E-state index contributed by atoms with van der Waals surface area (Å²) in [6.45, 7) is 1.66. The van der Waals surface area contributed by atoms with Crippen molar-refractivity contribution in [1.82, 2.24) is 4.31 Å². The van der Waals surface area contributed by atoms with Crippen molar-refractivity contribution in [3.63, 3.8) is 0 Å². The zero-order valence-electron chi connectivity index (χ0n) is 29.1. The van der Waals surface area contributed by atoms with Gasteiger partial charge in [-0.3, -0.25) is 14.4 Å². The van der Waals surface area contributed by atoms with Crippen LogP contribution in [0.3, 0.4) is 0 Å². The Morgan fingerprint density at radius 3 is 2.49 bits per heavy atom. The molecule has 1 unspecified atom stereocenters. The highest BCUT2D eigenvalue weighted by Crippen LogP contribution is 2.31. The first-order valence-corrected chi connectivity index (χ1v) is 18.1. The van der Waals surface area contributed by atoms with Crippen molar-refractivity contribution < 1.29 is 57.2 Å². The number of carbonyl (C=O) groups excluding carboxylic acids is 2. The topological polar surface area (TPSA) is 294 Å². The van der Waals surface area contributed by atoms with Gasteiger partial charge < -0.3 is 35.4 Å². The van der Waals surface area contributed by atoms with Crippen LogP contribution in [0.25, 0.3) is 0 Å². The summed E-state index contributed by atoms with van der Waals surface area (Å²) in [6.07, 6.45) is 5.79. The summed E-state index contributed by atoms with van der Waals surface area (Å²) < 4.78 is 39.4. The van der Waals surface area contributed by atoms with Crippen molar-refractivity contribution in [2.75, 3.05) is 32.9 Å². The Morgan fingerprint density at radius 1 is 1.13 bits per heavy atom. The van der Waals surface area contributed by atoms with Gasteiger partial charge in [0.1, 0.15) is 30.6 Å². The van der Waals surface area contributed by atoms with Gasteiger partial charge in [0.15, 0.2) is 0 Å². The van der Waals surface area contributed by atoms with E-state index < -0.39 is 44.8 Å². The van der Waals surface area contributed by atoms with E-state index in [0.29, 0.717) is 44.8 Å². The van der Waals surface area contributed by atoms with E-state index in [1.165, 1.54) is 22.5 Å². The molecule has 1 aliphatic heterocycles. The lowest BCUT2D eigenvalue weighted by Gasteiger charge is -2.38. The Labute approximate surface area is 305 Å². The van der Waals surface area contributed by atoms with Crippen LogP contribution in [0.15, 0.2) is 52.0 Å². The van der Waals surface area contributed by atoms with Crippen LogP contribution in [0.4, 0.5) is 0 Å². The van der Waals surface area contributed by atoms with Crippen molar-refractivity contribution in [1.29, 1.82) is 5.41 Å². The number of ether oxygens (including phenoxy) is 2. The zero-order valence-corrected chi connectivity index (χ0v) is 29.9. The second-order valence-corrected chi connectivity index (χ2v) is 13.6. The van der Waals surface area contributed by atoms with Crippen molar-refractivity contribution in [2.45, 2.75) is 75.7 Å². The number of allylic oxidation sites excluding steroid dienone is 3. The predicted molar refractivity (Wildman–Crippen MR) is 187 cm³/mol. The van der Waals surface area contributed by atoms with Crippen LogP contribution in [0.5, 0.6) is 5.75 Å². The highest BCUT2D eigenvalue weighted by atomic mass is 32.2. The van der Waals surface area contributed by atoms with E-state index >= 15 is 0 Å². The molecule has 0 aromatic heterocycles. The number of nitrogens with two attached hydrogens (primary N) is 1. The molecule has 20 nitrogen and oxygen atoms in total. The van der Waals surface area contributed by atoms with E-state index in [4.69, 9.17) is 25.7 Å². The molecular weight excluding hydrogens is 724 g/mol. The molecule has 0 radical (unpaired) electrons. The van der Waals surface area contributed by atoms with Gasteiger partial charge in [0.05, 0.1) is 35.1 Å². The first kappa shape index (κ1) is 43.7. The van der Waals surface area contributed by atoms with Crippen LogP contribution in [-0.4, -0.2) is 96.8 Å². The molecule has 292 valence electrons. The first-order valence-electron chi connectivity index (χ1n) is 16.6. The van der Waals surface area contributed by atoms with Gasteiger partial charge >= 0.3 is 11.9 Å². The number of hydrogen-bond acceptors (Lipinski definition) is 15. The van der Waals surface area contributed by atoms with Gasteiger partial charge in [0.25, 0.3) is 10.2 Å². The number of aliphatic imine (C=N–C) groups is 1. The molecule has 0 spiro atoms. The molecule has 4 N–H and O–H groups in total. The van der Waals surface area contributed by atoms with Gasteiger partial charge in [-0.1, -0.05) is 25.5 Å². The minimum Gasteiger partial charge on any atom is -0.493 e. The molecule has 2 rings (SSSR count). The van der Waals surface area contributed by atoms with Crippen molar-refractivity contribution in [2.24, 2.45) is 16.6 Å². The average Bonchev–Trinajstić information content (AvgIpc) is 3.07. The first-order chi connectivity index (χ1) is 25.2. The van der Waals surface area contributed by atoms with E-state index in [-0.39, 0.29) is 84.9 Å². The van der Waals surface area contributed by atoms with Crippen molar-refractivity contribution in [3.05, 3.63) is 67.9 Å². The lowest BCUT2D eigenvalue weighted by atomic mass is 9.98. The number of benzene rings is 1. The van der Waals surface area contributed by atoms with E-state index in [1.54, 1.807) is 12.2 Å². The van der Waals surface area contributed by atoms with Gasteiger partial charge in [-0.15, -0.1) is 20.2 Å². The number of esters is 1. The van der Waals surface area contributed by atoms with Crippen LogP contribution in [0.2, 0.25) is 0 Å². The quantitative estimate of drug-likeness (QED) is 0.0133. The lowest BCUT2D eigenvalue weighted by Crippen LogP contribution is -2.49. The molecule has 53 heavy (non-hydrogen) atoms. The molecule has 0 saturated carbocycles. The summed E-state index contributed by atoms with van der Waals surface area (Å²) in [5.74, 6) is -1.61. The highest BCUT2D eigenvalue weighted by molar-refractivity contribution is 7.89. The maximum Gasteiger partial charge on any atom is 0.305 e. The van der Waals surface area contributed by atoms with Gasteiger partial charge in [-0.2, -0.15) is 4.31 Å². The molecule has 1 aromatic carbocycles. The molecule has 1 atom stereocenters. The van der Waals surface area contributed by atoms with Gasteiger partial charge in [0, 0.05) is 32.0 Å². The normalized spacial score (nSPS) is 14.6. The van der Waals surface area contributed by atoms with E-state index in [0.717, 1.165) is 6.08 Å². The fourth-order valence-corrected chi connectivity index (χ4v) is 6.52. The Hall–Kier alpha value is -5.44. The standard InChI is InChI=1S/C32H44N6O14S/c1-2-8-27(33)28(15-16-39)35-32(34)26-19-25(12-13-29(26)49-17-6-4-3-5-10-30(40)41)53(47,48)36-20-23(21-36)9-7-18-50-31(42)14-11-24(52-38(45)46)22-51-37(43)44/h3-4,12-13,15-16,19,23-24,33H,2,5-11,14,17-18,20-22H2,1H3,(H2,34,35)(H,40,41)/b4-3+,28-15-,33-27?. The minimum atomic E-state index is -3.99. The largest absolute Gasteiger partial charge is 0.493 e. The molecular formula is C32H44N6O14S. The Morgan fingerprint density at radius 2 is 1.85 bits per heavy atom. The predicted octanol–water partition coefficient (Wildman–Crippen LogP) is 2.99. The third-order valence-corrected chi connectivity index (χ3v) is 9.42.